The molecule has 3 aromatic rings. The number of carbonyl (C=O) groups is 1. The largest absolute Gasteiger partial charge is 0.465 e. The Morgan fingerprint density at radius 1 is 1.25 bits per heavy atom. The van der Waals surface area contributed by atoms with Crippen molar-refractivity contribution in [2.24, 2.45) is 0 Å². The van der Waals surface area contributed by atoms with Crippen molar-refractivity contribution in [1.82, 2.24) is 9.97 Å². The number of H-pyrrole nitrogens is 1. The highest BCUT2D eigenvalue weighted by atomic mass is 16.5. The Labute approximate surface area is 138 Å². The SMILES string of the molecule is CCc1cc[n+](Cc2nc3cc(C(=O)OC)ccc3c(=O)[nH]2)cc1. The van der Waals surface area contributed by atoms with E-state index in [0.717, 1.165) is 6.42 Å². The number of benzene rings is 1. The minimum atomic E-state index is -0.454. The third kappa shape index (κ3) is 3.17. The molecule has 0 radical (unpaired) electrons. The van der Waals surface area contributed by atoms with Crippen LogP contribution in [0.5, 0.6) is 0 Å². The van der Waals surface area contributed by atoms with Crippen LogP contribution in [0.25, 0.3) is 10.9 Å². The zero-order valence-corrected chi connectivity index (χ0v) is 13.6. The average molecular weight is 324 g/mol. The van der Waals surface area contributed by atoms with Gasteiger partial charge in [0.2, 0.25) is 6.54 Å². The molecule has 1 aromatic carbocycles. The van der Waals surface area contributed by atoms with Gasteiger partial charge in [-0.15, -0.1) is 0 Å². The molecule has 0 saturated carbocycles. The molecule has 0 aliphatic heterocycles. The summed E-state index contributed by atoms with van der Waals surface area (Å²) in [7, 11) is 1.32. The monoisotopic (exact) mass is 324 g/mol. The van der Waals surface area contributed by atoms with E-state index in [2.05, 4.69) is 16.9 Å². The number of methoxy groups -OCH3 is 1. The summed E-state index contributed by atoms with van der Waals surface area (Å²) >= 11 is 0. The van der Waals surface area contributed by atoms with Gasteiger partial charge in [0.1, 0.15) is 0 Å². The quantitative estimate of drug-likeness (QED) is 0.584. The van der Waals surface area contributed by atoms with Crippen molar-refractivity contribution in [1.29, 1.82) is 0 Å². The summed E-state index contributed by atoms with van der Waals surface area (Å²) < 4.78 is 6.64. The summed E-state index contributed by atoms with van der Waals surface area (Å²) in [5.41, 5.74) is 1.86. The first-order valence-corrected chi connectivity index (χ1v) is 7.70. The third-order valence-electron chi connectivity index (χ3n) is 3.88. The fourth-order valence-electron chi connectivity index (χ4n) is 2.51. The van der Waals surface area contributed by atoms with Gasteiger partial charge in [0.15, 0.2) is 18.2 Å². The maximum Gasteiger partial charge on any atom is 0.337 e. The van der Waals surface area contributed by atoms with Crippen molar-refractivity contribution in [2.75, 3.05) is 7.11 Å². The van der Waals surface area contributed by atoms with Gasteiger partial charge in [0.25, 0.3) is 5.56 Å². The summed E-state index contributed by atoms with van der Waals surface area (Å²) in [6.07, 6.45) is 4.88. The maximum absolute atomic E-state index is 12.2. The Kier molecular flexibility index (Phi) is 4.37. The lowest BCUT2D eigenvalue weighted by Crippen LogP contribution is -2.35. The van der Waals surface area contributed by atoms with Crippen LogP contribution in [0.3, 0.4) is 0 Å². The molecular weight excluding hydrogens is 306 g/mol. The molecule has 0 fully saturated rings. The van der Waals surface area contributed by atoms with Gasteiger partial charge in [-0.1, -0.05) is 6.92 Å². The highest BCUT2D eigenvalue weighted by molar-refractivity contribution is 5.93. The Bertz CT molecular complexity index is 946. The summed E-state index contributed by atoms with van der Waals surface area (Å²) in [5.74, 6) is 0.0776. The lowest BCUT2D eigenvalue weighted by atomic mass is 10.1. The fraction of sp³-hybridized carbons (Fsp3) is 0.222. The maximum atomic E-state index is 12.2. The lowest BCUT2D eigenvalue weighted by Gasteiger charge is -2.03. The van der Waals surface area contributed by atoms with E-state index in [1.54, 1.807) is 18.2 Å². The second kappa shape index (κ2) is 6.62. The van der Waals surface area contributed by atoms with E-state index in [1.165, 1.54) is 12.7 Å². The number of pyridine rings is 1. The lowest BCUT2D eigenvalue weighted by molar-refractivity contribution is -0.689. The van der Waals surface area contributed by atoms with Crippen molar-refractivity contribution in [3.8, 4) is 0 Å². The van der Waals surface area contributed by atoms with Crippen molar-refractivity contribution in [3.05, 3.63) is 70.0 Å². The molecule has 0 aliphatic rings. The Morgan fingerprint density at radius 3 is 2.67 bits per heavy atom. The number of nitrogens with zero attached hydrogens (tertiary/aromatic N) is 2. The minimum absolute atomic E-state index is 0.225. The van der Waals surface area contributed by atoms with Crippen molar-refractivity contribution >= 4 is 16.9 Å². The van der Waals surface area contributed by atoms with E-state index in [-0.39, 0.29) is 5.56 Å². The van der Waals surface area contributed by atoms with Gasteiger partial charge in [0.05, 0.1) is 23.6 Å². The predicted octanol–water partition coefficient (Wildman–Crippen LogP) is 1.61. The zero-order chi connectivity index (χ0) is 17.1. The molecular formula is C18H18N3O3+. The summed E-state index contributed by atoms with van der Waals surface area (Å²) in [6, 6.07) is 8.79. The van der Waals surface area contributed by atoms with Gasteiger partial charge in [-0.2, -0.15) is 4.57 Å². The average Bonchev–Trinajstić information content (AvgIpc) is 2.61. The Balaban J connectivity index is 1.98. The molecule has 0 saturated heterocycles. The van der Waals surface area contributed by atoms with Gasteiger partial charge >= 0.3 is 5.97 Å². The van der Waals surface area contributed by atoms with Crippen LogP contribution in [0.2, 0.25) is 0 Å². The molecule has 0 amide bonds. The van der Waals surface area contributed by atoms with E-state index in [1.807, 2.05) is 29.1 Å². The molecule has 122 valence electrons. The smallest absolute Gasteiger partial charge is 0.337 e. The summed E-state index contributed by atoms with van der Waals surface area (Å²) in [5, 5.41) is 0.442. The minimum Gasteiger partial charge on any atom is -0.465 e. The highest BCUT2D eigenvalue weighted by Crippen LogP contribution is 2.11. The van der Waals surface area contributed by atoms with Crippen LogP contribution in [0.1, 0.15) is 28.7 Å². The predicted molar refractivity (Wildman–Crippen MR) is 88.8 cm³/mol. The number of aromatic nitrogens is 3. The second-order valence-corrected chi connectivity index (χ2v) is 5.47. The Morgan fingerprint density at radius 2 is 2.00 bits per heavy atom. The number of ether oxygens (including phenoxy) is 1. The summed E-state index contributed by atoms with van der Waals surface area (Å²) in [6.45, 7) is 2.54. The van der Waals surface area contributed by atoms with Gasteiger partial charge in [-0.3, -0.25) is 4.79 Å². The molecule has 0 atom stereocenters. The number of aryl methyl sites for hydroxylation is 1. The van der Waals surface area contributed by atoms with Gasteiger partial charge in [-0.05, 0) is 30.2 Å². The van der Waals surface area contributed by atoms with Crippen molar-refractivity contribution in [3.63, 3.8) is 0 Å². The molecule has 2 heterocycles. The first kappa shape index (κ1) is 15.9. The standard InChI is InChI=1S/C18H17N3O3/c1-3-12-6-8-21(9-7-12)11-16-19-15-10-13(18(23)24-2)4-5-14(15)17(22)20-16/h4-10H,3,11H2,1-2H3/p+1. The normalized spacial score (nSPS) is 10.8. The topological polar surface area (TPSA) is 75.9 Å². The summed E-state index contributed by atoms with van der Waals surface area (Å²) in [4.78, 5) is 31.1. The first-order chi connectivity index (χ1) is 11.6. The molecule has 0 spiro atoms. The fourth-order valence-corrected chi connectivity index (χ4v) is 2.51. The molecule has 0 aliphatic carbocycles. The van der Waals surface area contributed by atoms with Crippen LogP contribution in [0, 0.1) is 0 Å². The van der Waals surface area contributed by atoms with Gasteiger partial charge < -0.3 is 9.72 Å². The van der Waals surface area contributed by atoms with E-state index in [4.69, 9.17) is 4.74 Å². The molecule has 3 rings (SSSR count). The van der Waals surface area contributed by atoms with Crippen molar-refractivity contribution in [2.45, 2.75) is 19.9 Å². The highest BCUT2D eigenvalue weighted by Gasteiger charge is 2.12. The van der Waals surface area contributed by atoms with Gasteiger partial charge in [0, 0.05) is 12.1 Å². The van der Waals surface area contributed by atoms with E-state index >= 15 is 0 Å². The number of carbonyl (C=O) groups excluding carboxylic acids is 1. The molecule has 0 bridgehead atoms. The van der Waals surface area contributed by atoms with Crippen LogP contribution < -0.4 is 10.1 Å². The molecule has 24 heavy (non-hydrogen) atoms. The van der Waals surface area contributed by atoms with Crippen LogP contribution in [-0.2, 0) is 17.7 Å². The number of nitrogens with one attached hydrogen (secondary N) is 1. The van der Waals surface area contributed by atoms with E-state index in [9.17, 15) is 9.59 Å². The molecule has 6 nitrogen and oxygen atoms in total. The second-order valence-electron chi connectivity index (χ2n) is 5.47. The number of hydrogen-bond donors (Lipinski definition) is 1. The number of aromatic amines is 1. The molecule has 0 unspecified atom stereocenters. The number of fused-ring (bicyclic) bond motifs is 1. The molecule has 6 heteroatoms. The van der Waals surface area contributed by atoms with E-state index < -0.39 is 5.97 Å². The molecule has 2 aromatic heterocycles. The number of esters is 1. The van der Waals surface area contributed by atoms with Crippen LogP contribution >= 0.6 is 0 Å². The van der Waals surface area contributed by atoms with Crippen molar-refractivity contribution < 1.29 is 14.1 Å². The first-order valence-electron chi connectivity index (χ1n) is 7.70. The molecule has 1 N–H and O–H groups in total. The Hall–Kier alpha value is -3.02. The van der Waals surface area contributed by atoms with Crippen LogP contribution in [-0.4, -0.2) is 23.0 Å². The van der Waals surface area contributed by atoms with E-state index in [0.29, 0.717) is 28.8 Å². The number of rotatable bonds is 4. The zero-order valence-electron chi connectivity index (χ0n) is 13.6. The third-order valence-corrected chi connectivity index (χ3v) is 3.88. The van der Waals surface area contributed by atoms with Crippen LogP contribution in [0.15, 0.2) is 47.5 Å². The van der Waals surface area contributed by atoms with Crippen LogP contribution in [0.4, 0.5) is 0 Å². The van der Waals surface area contributed by atoms with Gasteiger partial charge in [-0.25, -0.2) is 9.78 Å². The number of hydrogen-bond acceptors (Lipinski definition) is 4.